The van der Waals surface area contributed by atoms with Crippen LogP contribution in [0.4, 0.5) is 0 Å². The van der Waals surface area contributed by atoms with Crippen molar-refractivity contribution in [3.05, 3.63) is 48.0 Å². The monoisotopic (exact) mass is 365 g/mol. The molecule has 0 amide bonds. The zero-order chi connectivity index (χ0) is 18.3. The minimum Gasteiger partial charge on any atom is -0.497 e. The smallest absolute Gasteiger partial charge is 0.244 e. The fourth-order valence-electron chi connectivity index (χ4n) is 2.36. The summed E-state index contributed by atoms with van der Waals surface area (Å²) in [7, 11) is 0.868. The quantitative estimate of drug-likeness (QED) is 0.692. The maximum atomic E-state index is 12.5. The van der Waals surface area contributed by atoms with Gasteiger partial charge in [0.2, 0.25) is 10.0 Å². The summed E-state index contributed by atoms with van der Waals surface area (Å²) >= 11 is 0. The molecule has 0 spiro atoms. The van der Waals surface area contributed by atoms with Crippen LogP contribution < -0.4 is 18.9 Å². The van der Waals surface area contributed by atoms with Crippen LogP contribution in [-0.2, 0) is 16.4 Å². The lowest BCUT2D eigenvalue weighted by Gasteiger charge is -2.12. The van der Waals surface area contributed by atoms with E-state index in [4.69, 9.17) is 14.2 Å². The summed E-state index contributed by atoms with van der Waals surface area (Å²) in [6.07, 6.45) is 1.44. The Balaban J connectivity index is 1.97. The molecule has 6 nitrogen and oxygen atoms in total. The van der Waals surface area contributed by atoms with Crippen LogP contribution in [0.3, 0.4) is 0 Å². The van der Waals surface area contributed by atoms with Gasteiger partial charge in [-0.3, -0.25) is 0 Å². The van der Waals surface area contributed by atoms with Crippen molar-refractivity contribution in [2.24, 2.45) is 0 Å². The topological polar surface area (TPSA) is 73.9 Å². The normalized spacial score (nSPS) is 11.2. The van der Waals surface area contributed by atoms with Crippen molar-refractivity contribution < 1.29 is 22.6 Å². The molecule has 136 valence electrons. The summed E-state index contributed by atoms with van der Waals surface area (Å²) in [6, 6.07) is 12.4. The Morgan fingerprint density at radius 2 is 1.52 bits per heavy atom. The van der Waals surface area contributed by atoms with Crippen molar-refractivity contribution >= 4 is 10.0 Å². The number of nitrogens with one attached hydrogen (secondary N) is 1. The molecule has 0 aliphatic carbocycles. The van der Waals surface area contributed by atoms with Gasteiger partial charge in [-0.05, 0) is 42.7 Å². The van der Waals surface area contributed by atoms with E-state index in [0.717, 1.165) is 17.7 Å². The summed E-state index contributed by atoms with van der Waals surface area (Å²) in [4.78, 5) is 0.0683. The largest absolute Gasteiger partial charge is 0.497 e. The van der Waals surface area contributed by atoms with E-state index in [2.05, 4.69) is 4.72 Å². The van der Waals surface area contributed by atoms with Gasteiger partial charge in [-0.2, -0.15) is 0 Å². The van der Waals surface area contributed by atoms with E-state index in [-0.39, 0.29) is 10.6 Å². The number of hydrogen-bond acceptors (Lipinski definition) is 5. The third kappa shape index (κ3) is 5.11. The van der Waals surface area contributed by atoms with Crippen molar-refractivity contribution in [1.29, 1.82) is 0 Å². The van der Waals surface area contributed by atoms with Gasteiger partial charge in [0.15, 0.2) is 0 Å². The molecule has 0 heterocycles. The van der Waals surface area contributed by atoms with Crippen molar-refractivity contribution in [1.82, 2.24) is 4.72 Å². The van der Waals surface area contributed by atoms with E-state index < -0.39 is 10.0 Å². The molecule has 7 heteroatoms. The van der Waals surface area contributed by atoms with Crippen LogP contribution in [0.15, 0.2) is 47.4 Å². The molecule has 0 saturated carbocycles. The van der Waals surface area contributed by atoms with Crippen LogP contribution in [-0.4, -0.2) is 36.3 Å². The average molecular weight is 365 g/mol. The predicted octanol–water partition coefficient (Wildman–Crippen LogP) is 2.62. The standard InChI is InChI=1S/C18H23NO5S/c1-22-15-8-6-14(7-9-15)5-4-12-19-25(20,21)18-13-16(23-2)10-11-17(18)24-3/h6-11,13,19H,4-5,12H2,1-3H3. The molecular formula is C18H23NO5S. The number of methoxy groups -OCH3 is 3. The number of aryl methyl sites for hydroxylation is 1. The Hall–Kier alpha value is -2.25. The Bertz CT molecular complexity index is 788. The summed E-state index contributed by atoms with van der Waals surface area (Å²) in [5.41, 5.74) is 1.12. The molecule has 2 aromatic carbocycles. The van der Waals surface area contributed by atoms with Gasteiger partial charge in [-0.15, -0.1) is 0 Å². The van der Waals surface area contributed by atoms with Gasteiger partial charge in [0.25, 0.3) is 0 Å². The molecule has 2 rings (SSSR count). The molecule has 0 radical (unpaired) electrons. The van der Waals surface area contributed by atoms with E-state index in [1.54, 1.807) is 19.2 Å². The van der Waals surface area contributed by atoms with Gasteiger partial charge in [-0.25, -0.2) is 13.1 Å². The minimum absolute atomic E-state index is 0.0683. The summed E-state index contributed by atoms with van der Waals surface area (Å²) in [6.45, 7) is 0.328. The number of ether oxygens (including phenoxy) is 3. The number of sulfonamides is 1. The second-order valence-corrected chi connectivity index (χ2v) is 7.10. The van der Waals surface area contributed by atoms with Crippen molar-refractivity contribution in [2.75, 3.05) is 27.9 Å². The van der Waals surface area contributed by atoms with Gasteiger partial charge in [0.1, 0.15) is 22.1 Å². The molecule has 0 aliphatic rings. The molecule has 0 bridgehead atoms. The number of rotatable bonds is 9. The molecule has 25 heavy (non-hydrogen) atoms. The van der Waals surface area contributed by atoms with Crippen molar-refractivity contribution in [3.8, 4) is 17.2 Å². The SMILES string of the molecule is COc1ccc(CCCNS(=O)(=O)c2cc(OC)ccc2OC)cc1. The van der Waals surface area contributed by atoms with Crippen LogP contribution in [0.5, 0.6) is 17.2 Å². The highest BCUT2D eigenvalue weighted by molar-refractivity contribution is 7.89. The van der Waals surface area contributed by atoms with E-state index in [1.807, 2.05) is 24.3 Å². The van der Waals surface area contributed by atoms with Gasteiger partial charge in [0.05, 0.1) is 21.3 Å². The first-order valence-electron chi connectivity index (χ1n) is 7.85. The maximum Gasteiger partial charge on any atom is 0.244 e. The molecular weight excluding hydrogens is 342 g/mol. The Labute approximate surface area is 148 Å². The predicted molar refractivity (Wildman–Crippen MR) is 96.0 cm³/mol. The second kappa shape index (κ2) is 8.73. The van der Waals surface area contributed by atoms with Crippen molar-refractivity contribution in [3.63, 3.8) is 0 Å². The molecule has 0 saturated heterocycles. The van der Waals surface area contributed by atoms with E-state index >= 15 is 0 Å². The first-order valence-corrected chi connectivity index (χ1v) is 9.33. The molecule has 0 aromatic heterocycles. The average Bonchev–Trinajstić information content (AvgIpc) is 2.65. The van der Waals surface area contributed by atoms with Crippen LogP contribution in [0.2, 0.25) is 0 Å². The molecule has 0 atom stereocenters. The van der Waals surface area contributed by atoms with E-state index in [0.29, 0.717) is 18.7 Å². The summed E-state index contributed by atoms with van der Waals surface area (Å²) < 4.78 is 43.0. The van der Waals surface area contributed by atoms with Crippen molar-refractivity contribution in [2.45, 2.75) is 17.7 Å². The lowest BCUT2D eigenvalue weighted by Crippen LogP contribution is -2.25. The zero-order valence-electron chi connectivity index (χ0n) is 14.6. The summed E-state index contributed by atoms with van der Waals surface area (Å²) in [5.74, 6) is 1.54. The fraction of sp³-hybridized carbons (Fsp3) is 0.333. The fourth-order valence-corrected chi connectivity index (χ4v) is 3.62. The zero-order valence-corrected chi connectivity index (χ0v) is 15.4. The van der Waals surface area contributed by atoms with Gasteiger partial charge >= 0.3 is 0 Å². The van der Waals surface area contributed by atoms with Crippen LogP contribution >= 0.6 is 0 Å². The van der Waals surface area contributed by atoms with Crippen LogP contribution in [0.1, 0.15) is 12.0 Å². The van der Waals surface area contributed by atoms with Crippen LogP contribution in [0, 0.1) is 0 Å². The van der Waals surface area contributed by atoms with Gasteiger partial charge < -0.3 is 14.2 Å². The Morgan fingerprint density at radius 3 is 2.12 bits per heavy atom. The van der Waals surface area contributed by atoms with Gasteiger partial charge in [0, 0.05) is 12.6 Å². The third-order valence-electron chi connectivity index (χ3n) is 3.75. The first kappa shape index (κ1) is 19.1. The lowest BCUT2D eigenvalue weighted by atomic mass is 10.1. The van der Waals surface area contributed by atoms with Crippen LogP contribution in [0.25, 0.3) is 0 Å². The third-order valence-corrected chi connectivity index (χ3v) is 5.24. The number of benzene rings is 2. The second-order valence-electron chi connectivity index (χ2n) is 5.37. The molecule has 0 aliphatic heterocycles. The maximum absolute atomic E-state index is 12.5. The molecule has 0 fully saturated rings. The Kier molecular flexibility index (Phi) is 6.66. The van der Waals surface area contributed by atoms with E-state index in [1.165, 1.54) is 20.3 Å². The van der Waals surface area contributed by atoms with E-state index in [9.17, 15) is 8.42 Å². The number of hydrogen-bond donors (Lipinski definition) is 1. The Morgan fingerprint density at radius 1 is 0.880 bits per heavy atom. The molecule has 0 unspecified atom stereocenters. The highest BCUT2D eigenvalue weighted by atomic mass is 32.2. The first-order chi connectivity index (χ1) is 12.0. The van der Waals surface area contributed by atoms with Gasteiger partial charge in [-0.1, -0.05) is 12.1 Å². The molecule has 2 aromatic rings. The highest BCUT2D eigenvalue weighted by Crippen LogP contribution is 2.27. The highest BCUT2D eigenvalue weighted by Gasteiger charge is 2.20. The lowest BCUT2D eigenvalue weighted by molar-refractivity contribution is 0.392. The summed E-state index contributed by atoms with van der Waals surface area (Å²) in [5, 5.41) is 0. The minimum atomic E-state index is -3.68. The molecule has 1 N–H and O–H groups in total.